The quantitative estimate of drug-likeness (QED) is 0.481. The first-order chi connectivity index (χ1) is 16.1. The summed E-state index contributed by atoms with van der Waals surface area (Å²) in [5.74, 6) is 1.28. The highest BCUT2D eigenvalue weighted by Gasteiger charge is 2.24. The van der Waals surface area contributed by atoms with Crippen LogP contribution in [0.5, 0.6) is 0 Å². The van der Waals surface area contributed by atoms with Crippen LogP contribution in [0.15, 0.2) is 52.4 Å². The molecule has 0 saturated carbocycles. The summed E-state index contributed by atoms with van der Waals surface area (Å²) in [4.78, 5) is 36.3. The standard InChI is InChI=1S/C24H29N5O3S/c1-2-28(17-19-7-4-3-5-8-19)23(30)11-10-22-25-21(26-32-22)18-27-12-14-29(15-13-27)24(31)20-9-6-16-33-20/h3-9,16H,2,10-15,17-18H2,1H3. The van der Waals surface area contributed by atoms with E-state index in [0.29, 0.717) is 57.3 Å². The van der Waals surface area contributed by atoms with Gasteiger partial charge in [0.2, 0.25) is 11.8 Å². The number of rotatable bonds is 9. The van der Waals surface area contributed by atoms with Gasteiger partial charge in [-0.1, -0.05) is 41.6 Å². The third-order valence-electron chi connectivity index (χ3n) is 5.77. The van der Waals surface area contributed by atoms with E-state index in [4.69, 9.17) is 4.52 Å². The van der Waals surface area contributed by atoms with Crippen molar-refractivity contribution in [2.45, 2.75) is 32.9 Å². The van der Waals surface area contributed by atoms with E-state index in [1.165, 1.54) is 11.3 Å². The minimum absolute atomic E-state index is 0.0765. The van der Waals surface area contributed by atoms with Crippen molar-refractivity contribution >= 4 is 23.2 Å². The lowest BCUT2D eigenvalue weighted by atomic mass is 10.2. The summed E-state index contributed by atoms with van der Waals surface area (Å²) < 4.78 is 5.37. The van der Waals surface area contributed by atoms with Crippen LogP contribution < -0.4 is 0 Å². The van der Waals surface area contributed by atoms with Crippen molar-refractivity contribution in [1.82, 2.24) is 24.8 Å². The van der Waals surface area contributed by atoms with Crippen molar-refractivity contribution in [3.8, 4) is 0 Å². The summed E-state index contributed by atoms with van der Waals surface area (Å²) in [6.07, 6.45) is 0.770. The zero-order valence-electron chi connectivity index (χ0n) is 18.9. The van der Waals surface area contributed by atoms with Crippen molar-refractivity contribution in [3.63, 3.8) is 0 Å². The molecule has 1 fully saturated rings. The molecule has 1 saturated heterocycles. The van der Waals surface area contributed by atoms with Crippen LogP contribution in [0.25, 0.3) is 0 Å². The molecule has 1 aliphatic rings. The van der Waals surface area contributed by atoms with Gasteiger partial charge in [-0.05, 0) is 23.9 Å². The van der Waals surface area contributed by atoms with Crippen LogP contribution in [0.3, 0.4) is 0 Å². The molecule has 174 valence electrons. The molecule has 1 aromatic carbocycles. The largest absolute Gasteiger partial charge is 0.339 e. The van der Waals surface area contributed by atoms with Crippen LogP contribution in [0, 0.1) is 0 Å². The summed E-state index contributed by atoms with van der Waals surface area (Å²) in [6.45, 7) is 6.73. The van der Waals surface area contributed by atoms with E-state index in [-0.39, 0.29) is 11.8 Å². The average Bonchev–Trinajstić information content (AvgIpc) is 3.54. The number of carbonyl (C=O) groups excluding carboxylic acids is 2. The van der Waals surface area contributed by atoms with Crippen molar-refractivity contribution < 1.29 is 14.1 Å². The smallest absolute Gasteiger partial charge is 0.264 e. The van der Waals surface area contributed by atoms with Gasteiger partial charge in [-0.2, -0.15) is 4.98 Å². The third kappa shape index (κ3) is 6.27. The number of carbonyl (C=O) groups is 2. The SMILES string of the molecule is CCN(Cc1ccccc1)C(=O)CCc1nc(CN2CCN(C(=O)c3cccs3)CC2)no1. The number of thiophene rings is 1. The number of hydrogen-bond acceptors (Lipinski definition) is 7. The molecule has 3 aromatic rings. The van der Waals surface area contributed by atoms with Gasteiger partial charge in [0.1, 0.15) is 0 Å². The predicted molar refractivity (Wildman–Crippen MR) is 126 cm³/mol. The highest BCUT2D eigenvalue weighted by atomic mass is 32.1. The first kappa shape index (κ1) is 23.1. The molecular weight excluding hydrogens is 438 g/mol. The summed E-state index contributed by atoms with van der Waals surface area (Å²) in [5, 5.41) is 6.01. The summed E-state index contributed by atoms with van der Waals surface area (Å²) in [7, 11) is 0. The van der Waals surface area contributed by atoms with Gasteiger partial charge in [0.25, 0.3) is 5.91 Å². The van der Waals surface area contributed by atoms with Gasteiger partial charge >= 0.3 is 0 Å². The van der Waals surface area contributed by atoms with Crippen molar-refractivity contribution in [2.24, 2.45) is 0 Å². The number of amides is 2. The first-order valence-corrected chi connectivity index (χ1v) is 12.2. The van der Waals surface area contributed by atoms with Gasteiger partial charge < -0.3 is 14.3 Å². The van der Waals surface area contributed by atoms with Crippen molar-refractivity contribution in [3.05, 3.63) is 70.0 Å². The molecule has 4 rings (SSSR count). The van der Waals surface area contributed by atoms with E-state index in [2.05, 4.69) is 15.0 Å². The second-order valence-electron chi connectivity index (χ2n) is 8.04. The van der Waals surface area contributed by atoms with Gasteiger partial charge in [0, 0.05) is 52.1 Å². The van der Waals surface area contributed by atoms with Gasteiger partial charge in [-0.3, -0.25) is 14.5 Å². The topological polar surface area (TPSA) is 82.8 Å². The molecule has 9 heteroatoms. The number of piperazine rings is 1. The summed E-state index contributed by atoms with van der Waals surface area (Å²) >= 11 is 1.48. The fourth-order valence-corrected chi connectivity index (χ4v) is 4.56. The van der Waals surface area contributed by atoms with Gasteiger partial charge in [-0.15, -0.1) is 11.3 Å². The second kappa shape index (κ2) is 11.2. The third-order valence-corrected chi connectivity index (χ3v) is 6.63. The molecule has 0 radical (unpaired) electrons. The molecule has 8 nitrogen and oxygen atoms in total. The molecule has 2 aromatic heterocycles. The first-order valence-electron chi connectivity index (χ1n) is 11.3. The Hall–Kier alpha value is -3.04. The normalized spacial score (nSPS) is 14.4. The highest BCUT2D eigenvalue weighted by molar-refractivity contribution is 7.12. The Labute approximate surface area is 197 Å². The monoisotopic (exact) mass is 467 g/mol. The van der Waals surface area contributed by atoms with Crippen LogP contribution in [0.1, 0.15) is 40.3 Å². The molecule has 33 heavy (non-hydrogen) atoms. The molecule has 0 spiro atoms. The van der Waals surface area contributed by atoms with E-state index in [1.807, 2.05) is 64.6 Å². The van der Waals surface area contributed by atoms with Crippen LogP contribution in [0.4, 0.5) is 0 Å². The number of hydrogen-bond donors (Lipinski definition) is 0. The van der Waals surface area contributed by atoms with E-state index in [9.17, 15) is 9.59 Å². The molecule has 3 heterocycles. The molecular formula is C24H29N5O3S. The summed E-state index contributed by atoms with van der Waals surface area (Å²) in [6, 6.07) is 13.8. The Balaban J connectivity index is 1.21. The lowest BCUT2D eigenvalue weighted by Gasteiger charge is -2.33. The number of benzene rings is 1. The number of aryl methyl sites for hydroxylation is 1. The minimum Gasteiger partial charge on any atom is -0.339 e. The van der Waals surface area contributed by atoms with Crippen molar-refractivity contribution in [1.29, 1.82) is 0 Å². The molecule has 0 aliphatic carbocycles. The van der Waals surface area contributed by atoms with Crippen molar-refractivity contribution in [2.75, 3.05) is 32.7 Å². The van der Waals surface area contributed by atoms with Gasteiger partial charge in [0.05, 0.1) is 11.4 Å². The lowest BCUT2D eigenvalue weighted by Crippen LogP contribution is -2.48. The van der Waals surface area contributed by atoms with Crippen LogP contribution in [-0.2, 0) is 24.3 Å². The molecule has 0 atom stereocenters. The number of aromatic nitrogens is 2. The second-order valence-corrected chi connectivity index (χ2v) is 8.99. The predicted octanol–water partition coefficient (Wildman–Crippen LogP) is 3.07. The lowest BCUT2D eigenvalue weighted by molar-refractivity contribution is -0.131. The molecule has 0 bridgehead atoms. The maximum atomic E-state index is 12.6. The maximum absolute atomic E-state index is 12.6. The average molecular weight is 468 g/mol. The van der Waals surface area contributed by atoms with E-state index in [1.54, 1.807) is 0 Å². The maximum Gasteiger partial charge on any atom is 0.264 e. The zero-order chi connectivity index (χ0) is 23.0. The van der Waals surface area contributed by atoms with E-state index >= 15 is 0 Å². The number of nitrogens with zero attached hydrogens (tertiary/aromatic N) is 5. The molecule has 0 unspecified atom stereocenters. The Morgan fingerprint density at radius 3 is 2.58 bits per heavy atom. The Morgan fingerprint density at radius 1 is 1.09 bits per heavy atom. The molecule has 0 N–H and O–H groups in total. The van der Waals surface area contributed by atoms with Crippen LogP contribution in [-0.4, -0.2) is 69.4 Å². The Morgan fingerprint density at radius 2 is 1.88 bits per heavy atom. The zero-order valence-corrected chi connectivity index (χ0v) is 19.7. The Bertz CT molecular complexity index is 1030. The fourth-order valence-electron chi connectivity index (χ4n) is 3.87. The summed E-state index contributed by atoms with van der Waals surface area (Å²) in [5.41, 5.74) is 1.12. The van der Waals surface area contributed by atoms with Gasteiger partial charge in [-0.25, -0.2) is 0 Å². The Kier molecular flexibility index (Phi) is 7.85. The van der Waals surface area contributed by atoms with Gasteiger partial charge in [0.15, 0.2) is 5.82 Å². The fraction of sp³-hybridized carbons (Fsp3) is 0.417. The molecule has 1 aliphatic heterocycles. The van der Waals surface area contributed by atoms with E-state index in [0.717, 1.165) is 23.5 Å². The van der Waals surface area contributed by atoms with E-state index < -0.39 is 0 Å². The minimum atomic E-state index is 0.0765. The van der Waals surface area contributed by atoms with Crippen LogP contribution in [0.2, 0.25) is 0 Å². The highest BCUT2D eigenvalue weighted by Crippen LogP contribution is 2.15. The molecule has 2 amide bonds. The van der Waals surface area contributed by atoms with Crippen LogP contribution >= 0.6 is 11.3 Å².